The van der Waals surface area contributed by atoms with Gasteiger partial charge in [-0.1, -0.05) is 0 Å². The average molecular weight is 197 g/mol. The SMILES string of the molecule is Nc1cnn(COC2CCCOC2)c1. The Hall–Kier alpha value is -1.07. The first-order valence-electron chi connectivity index (χ1n) is 4.82. The van der Waals surface area contributed by atoms with Crippen molar-refractivity contribution in [2.45, 2.75) is 25.7 Å². The van der Waals surface area contributed by atoms with Gasteiger partial charge in [0, 0.05) is 6.61 Å². The second-order valence-corrected chi connectivity index (χ2v) is 3.45. The van der Waals surface area contributed by atoms with Crippen molar-refractivity contribution in [3.8, 4) is 0 Å². The second-order valence-electron chi connectivity index (χ2n) is 3.45. The van der Waals surface area contributed by atoms with E-state index in [0.29, 0.717) is 19.0 Å². The molecule has 1 aromatic rings. The number of hydrogen-bond acceptors (Lipinski definition) is 4. The van der Waals surface area contributed by atoms with E-state index in [1.165, 1.54) is 0 Å². The first-order valence-corrected chi connectivity index (χ1v) is 4.82. The van der Waals surface area contributed by atoms with Crippen LogP contribution in [0.4, 0.5) is 5.69 Å². The lowest BCUT2D eigenvalue weighted by atomic mass is 10.2. The quantitative estimate of drug-likeness (QED) is 0.771. The molecule has 1 atom stereocenters. The second kappa shape index (κ2) is 4.43. The van der Waals surface area contributed by atoms with E-state index in [-0.39, 0.29) is 6.10 Å². The fourth-order valence-electron chi connectivity index (χ4n) is 1.47. The third-order valence-corrected chi connectivity index (χ3v) is 2.21. The first-order chi connectivity index (χ1) is 6.84. The Bertz CT molecular complexity index is 281. The zero-order chi connectivity index (χ0) is 9.80. The summed E-state index contributed by atoms with van der Waals surface area (Å²) in [5, 5.41) is 4.03. The van der Waals surface area contributed by atoms with Gasteiger partial charge in [-0.3, -0.25) is 0 Å². The summed E-state index contributed by atoms with van der Waals surface area (Å²) in [6, 6.07) is 0. The molecule has 0 spiro atoms. The molecule has 0 amide bonds. The molecule has 1 aliphatic rings. The van der Waals surface area contributed by atoms with Crippen LogP contribution in [0.5, 0.6) is 0 Å². The van der Waals surface area contributed by atoms with E-state index < -0.39 is 0 Å². The number of nitrogen functional groups attached to an aromatic ring is 1. The third kappa shape index (κ3) is 2.46. The van der Waals surface area contributed by atoms with Gasteiger partial charge in [-0.25, -0.2) is 4.68 Å². The monoisotopic (exact) mass is 197 g/mol. The zero-order valence-corrected chi connectivity index (χ0v) is 8.06. The highest BCUT2D eigenvalue weighted by atomic mass is 16.5. The molecule has 2 N–H and O–H groups in total. The van der Waals surface area contributed by atoms with E-state index in [1.54, 1.807) is 17.1 Å². The van der Waals surface area contributed by atoms with Crippen LogP contribution in [0.25, 0.3) is 0 Å². The Morgan fingerprint density at radius 3 is 3.29 bits per heavy atom. The molecule has 0 radical (unpaired) electrons. The number of ether oxygens (including phenoxy) is 2. The van der Waals surface area contributed by atoms with E-state index in [2.05, 4.69) is 5.10 Å². The topological polar surface area (TPSA) is 62.3 Å². The lowest BCUT2D eigenvalue weighted by Gasteiger charge is -2.22. The predicted molar refractivity (Wildman–Crippen MR) is 51.6 cm³/mol. The number of hydrogen-bond donors (Lipinski definition) is 1. The number of anilines is 1. The molecule has 1 saturated heterocycles. The molecular weight excluding hydrogens is 182 g/mol. The molecule has 14 heavy (non-hydrogen) atoms. The summed E-state index contributed by atoms with van der Waals surface area (Å²) in [5.74, 6) is 0. The van der Waals surface area contributed by atoms with Crippen molar-refractivity contribution in [2.75, 3.05) is 18.9 Å². The van der Waals surface area contributed by atoms with E-state index in [0.717, 1.165) is 19.4 Å². The van der Waals surface area contributed by atoms with Crippen LogP contribution in [-0.2, 0) is 16.2 Å². The first kappa shape index (κ1) is 9.48. The standard InChI is InChI=1S/C9H15N3O2/c10-8-4-11-12(5-8)7-14-9-2-1-3-13-6-9/h4-5,9H,1-3,6-7,10H2. The minimum atomic E-state index is 0.203. The van der Waals surface area contributed by atoms with Gasteiger partial charge in [0.2, 0.25) is 0 Å². The molecule has 1 aliphatic heterocycles. The maximum Gasteiger partial charge on any atom is 0.139 e. The van der Waals surface area contributed by atoms with Gasteiger partial charge in [0.15, 0.2) is 0 Å². The van der Waals surface area contributed by atoms with Crippen molar-refractivity contribution < 1.29 is 9.47 Å². The maximum absolute atomic E-state index is 5.60. The minimum Gasteiger partial charge on any atom is -0.396 e. The summed E-state index contributed by atoms with van der Waals surface area (Å²) in [4.78, 5) is 0. The largest absolute Gasteiger partial charge is 0.396 e. The van der Waals surface area contributed by atoms with Crippen LogP contribution in [0, 0.1) is 0 Å². The fourth-order valence-corrected chi connectivity index (χ4v) is 1.47. The number of nitrogens with two attached hydrogens (primary N) is 1. The lowest BCUT2D eigenvalue weighted by molar-refractivity contribution is -0.0760. The van der Waals surface area contributed by atoms with Gasteiger partial charge >= 0.3 is 0 Å². The van der Waals surface area contributed by atoms with Crippen LogP contribution in [0.15, 0.2) is 12.4 Å². The maximum atomic E-state index is 5.60. The number of aromatic nitrogens is 2. The Kier molecular flexibility index (Phi) is 3.00. The van der Waals surface area contributed by atoms with Crippen molar-refractivity contribution in [1.29, 1.82) is 0 Å². The molecule has 2 heterocycles. The van der Waals surface area contributed by atoms with Crippen molar-refractivity contribution in [1.82, 2.24) is 9.78 Å². The van der Waals surface area contributed by atoms with Gasteiger partial charge in [-0.05, 0) is 12.8 Å². The van der Waals surface area contributed by atoms with Crippen molar-refractivity contribution in [2.24, 2.45) is 0 Å². The van der Waals surface area contributed by atoms with Gasteiger partial charge < -0.3 is 15.2 Å². The summed E-state index contributed by atoms with van der Waals surface area (Å²) in [6.07, 6.45) is 5.71. The predicted octanol–water partition coefficient (Wildman–Crippen LogP) is 0.618. The number of rotatable bonds is 3. The molecule has 0 bridgehead atoms. The van der Waals surface area contributed by atoms with E-state index in [9.17, 15) is 0 Å². The summed E-state index contributed by atoms with van der Waals surface area (Å²) < 4.78 is 12.6. The van der Waals surface area contributed by atoms with Gasteiger partial charge in [0.05, 0.1) is 30.8 Å². The molecule has 1 fully saturated rings. The third-order valence-electron chi connectivity index (χ3n) is 2.21. The molecule has 1 aromatic heterocycles. The molecule has 78 valence electrons. The summed E-state index contributed by atoms with van der Waals surface area (Å²) in [5.41, 5.74) is 6.18. The van der Waals surface area contributed by atoms with E-state index in [4.69, 9.17) is 15.2 Å². The van der Waals surface area contributed by atoms with Gasteiger partial charge in [0.25, 0.3) is 0 Å². The molecule has 1 unspecified atom stereocenters. The summed E-state index contributed by atoms with van der Waals surface area (Å²) in [7, 11) is 0. The van der Waals surface area contributed by atoms with Crippen LogP contribution < -0.4 is 5.73 Å². The molecular formula is C9H15N3O2. The molecule has 2 rings (SSSR count). The van der Waals surface area contributed by atoms with Crippen molar-refractivity contribution >= 4 is 5.69 Å². The fraction of sp³-hybridized carbons (Fsp3) is 0.667. The molecule has 0 saturated carbocycles. The van der Waals surface area contributed by atoms with Gasteiger partial charge in [-0.2, -0.15) is 5.10 Å². The Balaban J connectivity index is 1.76. The van der Waals surface area contributed by atoms with Crippen LogP contribution in [0.3, 0.4) is 0 Å². The minimum absolute atomic E-state index is 0.203. The van der Waals surface area contributed by atoms with Gasteiger partial charge in [0.1, 0.15) is 6.73 Å². The van der Waals surface area contributed by atoms with Crippen LogP contribution in [0.1, 0.15) is 12.8 Å². The van der Waals surface area contributed by atoms with Crippen molar-refractivity contribution in [3.05, 3.63) is 12.4 Å². The molecule has 0 aromatic carbocycles. The zero-order valence-electron chi connectivity index (χ0n) is 8.06. The normalized spacial score (nSPS) is 22.4. The average Bonchev–Trinajstić information content (AvgIpc) is 2.63. The van der Waals surface area contributed by atoms with Crippen molar-refractivity contribution in [3.63, 3.8) is 0 Å². The molecule has 5 nitrogen and oxygen atoms in total. The number of nitrogens with zero attached hydrogens (tertiary/aromatic N) is 2. The molecule has 0 aliphatic carbocycles. The summed E-state index contributed by atoms with van der Waals surface area (Å²) >= 11 is 0. The van der Waals surface area contributed by atoms with E-state index in [1.807, 2.05) is 0 Å². The Labute approximate surface area is 82.8 Å². The summed E-state index contributed by atoms with van der Waals surface area (Å²) in [6.45, 7) is 2.00. The highest BCUT2D eigenvalue weighted by Gasteiger charge is 2.13. The van der Waals surface area contributed by atoms with Crippen LogP contribution in [-0.4, -0.2) is 29.1 Å². The Morgan fingerprint density at radius 1 is 1.71 bits per heavy atom. The lowest BCUT2D eigenvalue weighted by Crippen LogP contribution is -2.26. The van der Waals surface area contributed by atoms with Crippen LogP contribution >= 0.6 is 0 Å². The highest BCUT2D eigenvalue weighted by molar-refractivity contribution is 5.30. The molecule has 5 heteroatoms. The Morgan fingerprint density at radius 2 is 2.64 bits per heavy atom. The highest BCUT2D eigenvalue weighted by Crippen LogP contribution is 2.10. The van der Waals surface area contributed by atoms with Gasteiger partial charge in [-0.15, -0.1) is 0 Å². The smallest absolute Gasteiger partial charge is 0.139 e. The van der Waals surface area contributed by atoms with Crippen LogP contribution in [0.2, 0.25) is 0 Å². The van der Waals surface area contributed by atoms with E-state index >= 15 is 0 Å².